The zero-order valence-electron chi connectivity index (χ0n) is 9.12. The molecule has 4 nitrogen and oxygen atoms in total. The Bertz CT molecular complexity index is 640. The van der Waals surface area contributed by atoms with Gasteiger partial charge in [0.2, 0.25) is 0 Å². The van der Waals surface area contributed by atoms with Gasteiger partial charge in [-0.15, -0.1) is 0 Å². The van der Waals surface area contributed by atoms with Crippen LogP contribution in [-0.2, 0) is 7.05 Å². The minimum atomic E-state index is -1.16. The molecule has 0 saturated heterocycles. The second kappa shape index (κ2) is 4.49. The van der Waals surface area contributed by atoms with Crippen LogP contribution in [-0.4, -0.2) is 20.9 Å². The van der Waals surface area contributed by atoms with E-state index in [-0.39, 0.29) is 15.9 Å². The summed E-state index contributed by atoms with van der Waals surface area (Å²) in [5.74, 6) is -3.14. The van der Waals surface area contributed by atoms with E-state index >= 15 is 0 Å². The number of carboxylic acid groups (broad SMARTS) is 1. The number of carboxylic acids is 1. The van der Waals surface area contributed by atoms with E-state index in [1.165, 1.54) is 13.1 Å². The summed E-state index contributed by atoms with van der Waals surface area (Å²) in [4.78, 5) is 11.0. The molecular formula is C11H7BrF2N2O2. The lowest BCUT2D eigenvalue weighted by molar-refractivity contribution is 0.0684. The summed E-state index contributed by atoms with van der Waals surface area (Å²) < 4.78 is 27.3. The molecule has 1 aromatic heterocycles. The second-order valence-corrected chi connectivity index (χ2v) is 4.36. The van der Waals surface area contributed by atoms with Gasteiger partial charge in [-0.1, -0.05) is 0 Å². The highest BCUT2D eigenvalue weighted by molar-refractivity contribution is 9.10. The molecule has 2 rings (SSSR count). The fourth-order valence-corrected chi connectivity index (χ4v) is 2.29. The van der Waals surface area contributed by atoms with E-state index in [1.54, 1.807) is 0 Å². The summed E-state index contributed by atoms with van der Waals surface area (Å²) in [6.07, 6.45) is 0. The number of aromatic carboxylic acids is 1. The van der Waals surface area contributed by atoms with Crippen molar-refractivity contribution in [2.75, 3.05) is 0 Å². The van der Waals surface area contributed by atoms with Crippen LogP contribution in [0, 0.1) is 11.6 Å². The van der Waals surface area contributed by atoms with Crippen molar-refractivity contribution in [3.63, 3.8) is 0 Å². The van der Waals surface area contributed by atoms with Crippen LogP contribution in [0.15, 0.2) is 22.7 Å². The molecule has 0 aliphatic rings. The Hall–Kier alpha value is -1.76. The Morgan fingerprint density at radius 3 is 2.56 bits per heavy atom. The van der Waals surface area contributed by atoms with Gasteiger partial charge in [-0.2, -0.15) is 5.10 Å². The van der Waals surface area contributed by atoms with Crippen LogP contribution < -0.4 is 0 Å². The molecule has 7 heteroatoms. The molecule has 1 heterocycles. The van der Waals surface area contributed by atoms with Crippen LogP contribution in [0.25, 0.3) is 11.3 Å². The Kier molecular flexibility index (Phi) is 3.16. The van der Waals surface area contributed by atoms with Crippen LogP contribution in [0.3, 0.4) is 0 Å². The molecule has 0 bridgehead atoms. The highest BCUT2D eigenvalue weighted by Crippen LogP contribution is 2.30. The molecule has 0 atom stereocenters. The third kappa shape index (κ3) is 2.01. The maximum atomic E-state index is 13.1. The lowest BCUT2D eigenvalue weighted by Gasteiger charge is -1.99. The van der Waals surface area contributed by atoms with Gasteiger partial charge in [0.1, 0.15) is 5.69 Å². The normalized spacial score (nSPS) is 10.7. The fraction of sp³-hybridized carbons (Fsp3) is 0.0909. The number of hydrogen-bond acceptors (Lipinski definition) is 2. The molecule has 0 radical (unpaired) electrons. The van der Waals surface area contributed by atoms with Crippen LogP contribution in [0.5, 0.6) is 0 Å². The zero-order chi connectivity index (χ0) is 13.4. The number of aryl methyl sites for hydroxylation is 1. The number of nitrogens with zero attached hydrogens (tertiary/aromatic N) is 2. The quantitative estimate of drug-likeness (QED) is 0.927. The molecule has 94 valence electrons. The first-order valence-corrected chi connectivity index (χ1v) is 5.62. The number of halogens is 3. The highest BCUT2D eigenvalue weighted by Gasteiger charge is 2.21. The molecule has 0 fully saturated rings. The van der Waals surface area contributed by atoms with E-state index in [0.29, 0.717) is 5.56 Å². The van der Waals surface area contributed by atoms with Crippen molar-refractivity contribution in [3.05, 3.63) is 40.0 Å². The first kappa shape index (κ1) is 12.7. The predicted molar refractivity (Wildman–Crippen MR) is 63.2 cm³/mol. The molecule has 1 N–H and O–H groups in total. The summed E-state index contributed by atoms with van der Waals surface area (Å²) in [6.45, 7) is 0. The third-order valence-electron chi connectivity index (χ3n) is 2.39. The summed E-state index contributed by atoms with van der Waals surface area (Å²) >= 11 is 3.10. The molecule has 0 unspecified atom stereocenters. The number of benzene rings is 1. The summed E-state index contributed by atoms with van der Waals surface area (Å²) in [6, 6.07) is 3.26. The average Bonchev–Trinajstić information content (AvgIpc) is 2.58. The van der Waals surface area contributed by atoms with Crippen LogP contribution >= 0.6 is 15.9 Å². The molecule has 0 saturated carbocycles. The minimum Gasteiger partial charge on any atom is -0.476 e. The van der Waals surface area contributed by atoms with E-state index in [4.69, 9.17) is 5.11 Å². The Morgan fingerprint density at radius 1 is 1.39 bits per heavy atom. The van der Waals surface area contributed by atoms with Crippen LogP contribution in [0.4, 0.5) is 8.78 Å². The van der Waals surface area contributed by atoms with Gasteiger partial charge < -0.3 is 5.11 Å². The van der Waals surface area contributed by atoms with Gasteiger partial charge in [0.25, 0.3) is 0 Å². The van der Waals surface area contributed by atoms with Gasteiger partial charge in [0.05, 0.1) is 4.47 Å². The average molecular weight is 317 g/mol. The topological polar surface area (TPSA) is 55.1 Å². The van der Waals surface area contributed by atoms with E-state index in [9.17, 15) is 13.6 Å². The third-order valence-corrected chi connectivity index (χ3v) is 3.14. The van der Waals surface area contributed by atoms with Gasteiger partial charge in [-0.3, -0.25) is 4.68 Å². The highest BCUT2D eigenvalue weighted by atomic mass is 79.9. The van der Waals surface area contributed by atoms with Crippen molar-refractivity contribution in [1.29, 1.82) is 0 Å². The molecule has 0 amide bonds. The first-order chi connectivity index (χ1) is 8.41. The van der Waals surface area contributed by atoms with E-state index in [2.05, 4.69) is 21.0 Å². The van der Waals surface area contributed by atoms with E-state index < -0.39 is 17.6 Å². The summed E-state index contributed by atoms with van der Waals surface area (Å²) in [5, 5.41) is 13.0. The maximum absolute atomic E-state index is 13.1. The van der Waals surface area contributed by atoms with Gasteiger partial charge in [0, 0.05) is 12.6 Å². The number of aromatic nitrogens is 2. The van der Waals surface area contributed by atoms with E-state index in [1.807, 2.05) is 0 Å². The SMILES string of the molecule is Cn1nc(-c2ccc(F)c(F)c2)c(Br)c1C(=O)O. The fourth-order valence-electron chi connectivity index (χ4n) is 1.56. The molecule has 0 aliphatic carbocycles. The number of carbonyl (C=O) groups is 1. The van der Waals surface area contributed by atoms with Crippen molar-refractivity contribution in [2.45, 2.75) is 0 Å². The molecule has 1 aromatic carbocycles. The monoisotopic (exact) mass is 316 g/mol. The van der Waals surface area contributed by atoms with Crippen molar-refractivity contribution in [2.24, 2.45) is 7.05 Å². The number of rotatable bonds is 2. The molecule has 0 spiro atoms. The lowest BCUT2D eigenvalue weighted by atomic mass is 10.1. The predicted octanol–water partition coefficient (Wildman–Crippen LogP) is 2.83. The molecular weight excluding hydrogens is 310 g/mol. The number of hydrogen-bond donors (Lipinski definition) is 1. The zero-order valence-corrected chi connectivity index (χ0v) is 10.7. The van der Waals surface area contributed by atoms with Crippen LogP contribution in [0.2, 0.25) is 0 Å². The second-order valence-electron chi connectivity index (χ2n) is 3.57. The van der Waals surface area contributed by atoms with Gasteiger partial charge in [-0.25, -0.2) is 13.6 Å². The molecule has 18 heavy (non-hydrogen) atoms. The maximum Gasteiger partial charge on any atom is 0.355 e. The van der Waals surface area contributed by atoms with Gasteiger partial charge in [0.15, 0.2) is 17.3 Å². The first-order valence-electron chi connectivity index (χ1n) is 4.83. The summed E-state index contributed by atoms with van der Waals surface area (Å²) in [5.41, 5.74) is 0.479. The molecule has 2 aromatic rings. The standard InChI is InChI=1S/C11H7BrF2N2O2/c1-16-10(11(17)18)8(12)9(15-16)5-2-3-6(13)7(14)4-5/h2-4H,1H3,(H,17,18). The smallest absolute Gasteiger partial charge is 0.355 e. The Labute approximate surface area is 109 Å². The minimum absolute atomic E-state index is 0.0604. The van der Waals surface area contributed by atoms with Gasteiger partial charge in [-0.05, 0) is 34.1 Å². The largest absolute Gasteiger partial charge is 0.476 e. The Morgan fingerprint density at radius 2 is 2.06 bits per heavy atom. The van der Waals surface area contributed by atoms with Crippen molar-refractivity contribution in [3.8, 4) is 11.3 Å². The van der Waals surface area contributed by atoms with Crippen molar-refractivity contribution < 1.29 is 18.7 Å². The van der Waals surface area contributed by atoms with E-state index in [0.717, 1.165) is 16.8 Å². The van der Waals surface area contributed by atoms with Crippen molar-refractivity contribution in [1.82, 2.24) is 9.78 Å². The van der Waals surface area contributed by atoms with Crippen LogP contribution in [0.1, 0.15) is 10.5 Å². The van der Waals surface area contributed by atoms with Gasteiger partial charge >= 0.3 is 5.97 Å². The lowest BCUT2D eigenvalue weighted by Crippen LogP contribution is -2.05. The summed E-state index contributed by atoms with van der Waals surface area (Å²) in [7, 11) is 1.46. The van der Waals surface area contributed by atoms with Crippen molar-refractivity contribution >= 4 is 21.9 Å². The molecule has 0 aliphatic heterocycles. The Balaban J connectivity index is 2.61.